The largest absolute Gasteiger partial charge is 0.237 e. The van der Waals surface area contributed by atoms with Gasteiger partial charge in [0.15, 0.2) is 0 Å². The van der Waals surface area contributed by atoms with Crippen LogP contribution in [0.3, 0.4) is 0 Å². The third-order valence-corrected chi connectivity index (χ3v) is 4.78. The second kappa shape index (κ2) is 4.53. The van der Waals surface area contributed by atoms with E-state index >= 15 is 0 Å². The van der Waals surface area contributed by atoms with Crippen molar-refractivity contribution in [1.82, 2.24) is 9.97 Å². The summed E-state index contributed by atoms with van der Waals surface area (Å²) in [7, 11) is 0. The Hall–Kier alpha value is -2.00. The Morgan fingerprint density at radius 2 is 2.05 bits per heavy atom. The Balaban J connectivity index is 2.07. The number of aryl methyl sites for hydroxylation is 1. The highest BCUT2D eigenvalue weighted by molar-refractivity contribution is 7.25. The van der Waals surface area contributed by atoms with Crippen molar-refractivity contribution in [3.05, 3.63) is 60.1 Å². The van der Waals surface area contributed by atoms with E-state index in [9.17, 15) is 0 Å². The molecule has 1 atom stereocenters. The van der Waals surface area contributed by atoms with E-state index in [1.54, 1.807) is 11.3 Å². The lowest BCUT2D eigenvalue weighted by Gasteiger charge is -2.14. The Morgan fingerprint density at radius 1 is 1.15 bits per heavy atom. The van der Waals surface area contributed by atoms with Crippen LogP contribution in [0.5, 0.6) is 0 Å². The number of thiophene rings is 1. The van der Waals surface area contributed by atoms with Gasteiger partial charge in [-0.3, -0.25) is 0 Å². The predicted octanol–water partition coefficient (Wildman–Crippen LogP) is 4.75. The van der Waals surface area contributed by atoms with Crippen LogP contribution < -0.4 is 0 Å². The van der Waals surface area contributed by atoms with Gasteiger partial charge in [-0.05, 0) is 19.4 Å². The summed E-state index contributed by atoms with van der Waals surface area (Å²) in [6.45, 7) is 1.98. The van der Waals surface area contributed by atoms with Crippen molar-refractivity contribution in [2.24, 2.45) is 0 Å². The molecular weight excluding hydrogens is 264 g/mol. The normalized spacial score (nSPS) is 18.1. The molecule has 0 bridgehead atoms. The molecule has 1 aliphatic carbocycles. The Bertz CT molecular complexity index is 858. The maximum atomic E-state index is 4.76. The van der Waals surface area contributed by atoms with Gasteiger partial charge in [0.05, 0.1) is 5.69 Å². The van der Waals surface area contributed by atoms with E-state index in [-0.39, 0.29) is 0 Å². The van der Waals surface area contributed by atoms with Crippen LogP contribution in [0, 0.1) is 6.92 Å². The quantitative estimate of drug-likeness (QED) is 0.641. The average Bonchev–Trinajstić information content (AvgIpc) is 2.85. The van der Waals surface area contributed by atoms with E-state index in [0.29, 0.717) is 5.92 Å². The molecule has 4 rings (SSSR count). The summed E-state index contributed by atoms with van der Waals surface area (Å²) in [5, 5.41) is 2.52. The van der Waals surface area contributed by atoms with Crippen LogP contribution in [-0.4, -0.2) is 9.97 Å². The van der Waals surface area contributed by atoms with E-state index in [0.717, 1.165) is 17.1 Å². The van der Waals surface area contributed by atoms with E-state index in [1.807, 2.05) is 6.92 Å². The van der Waals surface area contributed by atoms with Gasteiger partial charge in [-0.15, -0.1) is 11.3 Å². The Morgan fingerprint density at radius 3 is 2.90 bits per heavy atom. The second-order valence-electron chi connectivity index (χ2n) is 5.09. The number of rotatable bonds is 1. The fraction of sp³-hybridized carbons (Fsp3) is 0.176. The summed E-state index contributed by atoms with van der Waals surface area (Å²) < 4.78 is 1.29. The molecule has 0 radical (unpaired) electrons. The number of aromatic nitrogens is 2. The summed E-state index contributed by atoms with van der Waals surface area (Å²) in [5.74, 6) is 1.23. The number of hydrogen-bond donors (Lipinski definition) is 0. The zero-order valence-electron chi connectivity index (χ0n) is 11.2. The first-order chi connectivity index (χ1) is 9.83. The standard InChI is InChI=1S/C17H14N2S/c1-11-18-16(12-7-3-2-4-8-12)15-13-9-5-6-10-14(13)20-17(15)19-11/h2-7,9-10,12H,8H2,1H3. The molecule has 1 aromatic carbocycles. The molecule has 0 N–H and O–H groups in total. The van der Waals surface area contributed by atoms with Crippen molar-refractivity contribution in [1.29, 1.82) is 0 Å². The molecule has 0 spiro atoms. The monoisotopic (exact) mass is 278 g/mol. The summed E-state index contributed by atoms with van der Waals surface area (Å²) in [5.41, 5.74) is 1.17. The highest BCUT2D eigenvalue weighted by Crippen LogP contribution is 2.38. The molecule has 2 aromatic heterocycles. The zero-order valence-corrected chi connectivity index (χ0v) is 12.0. The molecule has 1 unspecified atom stereocenters. The van der Waals surface area contributed by atoms with Gasteiger partial charge in [0, 0.05) is 21.4 Å². The molecule has 20 heavy (non-hydrogen) atoms. The van der Waals surface area contributed by atoms with Gasteiger partial charge in [-0.2, -0.15) is 0 Å². The first-order valence-electron chi connectivity index (χ1n) is 6.82. The van der Waals surface area contributed by atoms with Crippen molar-refractivity contribution >= 4 is 31.6 Å². The molecule has 2 nitrogen and oxygen atoms in total. The predicted molar refractivity (Wildman–Crippen MR) is 85.3 cm³/mol. The summed E-state index contributed by atoms with van der Waals surface area (Å²) in [4.78, 5) is 10.5. The molecule has 3 heteroatoms. The first-order valence-corrected chi connectivity index (χ1v) is 7.64. The minimum Gasteiger partial charge on any atom is -0.237 e. The minimum absolute atomic E-state index is 0.363. The lowest BCUT2D eigenvalue weighted by atomic mass is 9.94. The SMILES string of the molecule is Cc1nc(C2C=CC=CC2)c2c(n1)sc1ccccc12. The van der Waals surface area contributed by atoms with Gasteiger partial charge in [-0.25, -0.2) is 9.97 Å². The van der Waals surface area contributed by atoms with Crippen molar-refractivity contribution in [3.8, 4) is 0 Å². The molecule has 1 aliphatic rings. The van der Waals surface area contributed by atoms with E-state index in [1.165, 1.54) is 21.2 Å². The lowest BCUT2D eigenvalue weighted by molar-refractivity contribution is 0.813. The van der Waals surface area contributed by atoms with Crippen LogP contribution in [0.15, 0.2) is 48.6 Å². The van der Waals surface area contributed by atoms with Crippen LogP contribution in [0.2, 0.25) is 0 Å². The van der Waals surface area contributed by atoms with E-state index in [2.05, 4.69) is 53.6 Å². The molecular formula is C17H14N2S. The smallest absolute Gasteiger partial charge is 0.128 e. The van der Waals surface area contributed by atoms with Gasteiger partial charge in [0.1, 0.15) is 10.7 Å². The summed E-state index contributed by atoms with van der Waals surface area (Å²) in [6.07, 6.45) is 9.70. The van der Waals surface area contributed by atoms with E-state index < -0.39 is 0 Å². The molecule has 0 saturated carbocycles. The number of fused-ring (bicyclic) bond motifs is 3. The molecule has 0 fully saturated rings. The molecule has 3 aromatic rings. The number of allylic oxidation sites excluding steroid dienone is 4. The highest BCUT2D eigenvalue weighted by atomic mass is 32.1. The van der Waals surface area contributed by atoms with Gasteiger partial charge in [-0.1, -0.05) is 42.5 Å². The molecule has 0 saturated heterocycles. The van der Waals surface area contributed by atoms with E-state index in [4.69, 9.17) is 4.98 Å². The fourth-order valence-corrected chi connectivity index (χ4v) is 3.94. The fourth-order valence-electron chi connectivity index (χ4n) is 2.81. The topological polar surface area (TPSA) is 25.8 Å². The number of benzene rings is 1. The Labute approximate surface area is 121 Å². The second-order valence-corrected chi connectivity index (χ2v) is 6.12. The van der Waals surface area contributed by atoms with Crippen molar-refractivity contribution < 1.29 is 0 Å². The Kier molecular flexibility index (Phi) is 2.67. The zero-order chi connectivity index (χ0) is 13.5. The van der Waals surface area contributed by atoms with Crippen LogP contribution in [0.4, 0.5) is 0 Å². The lowest BCUT2D eigenvalue weighted by Crippen LogP contribution is -2.03. The van der Waals surface area contributed by atoms with Gasteiger partial charge in [0.2, 0.25) is 0 Å². The van der Waals surface area contributed by atoms with Crippen molar-refractivity contribution in [2.45, 2.75) is 19.3 Å². The van der Waals surface area contributed by atoms with Gasteiger partial charge in [0.25, 0.3) is 0 Å². The van der Waals surface area contributed by atoms with Crippen LogP contribution in [0.1, 0.15) is 23.9 Å². The molecule has 98 valence electrons. The third kappa shape index (κ3) is 1.78. The van der Waals surface area contributed by atoms with Crippen molar-refractivity contribution in [2.75, 3.05) is 0 Å². The summed E-state index contributed by atoms with van der Waals surface area (Å²) >= 11 is 1.76. The van der Waals surface area contributed by atoms with Gasteiger partial charge < -0.3 is 0 Å². The first kappa shape index (κ1) is 11.8. The molecule has 0 amide bonds. The maximum Gasteiger partial charge on any atom is 0.128 e. The van der Waals surface area contributed by atoms with Gasteiger partial charge >= 0.3 is 0 Å². The molecule has 0 aliphatic heterocycles. The minimum atomic E-state index is 0.363. The van der Waals surface area contributed by atoms with Crippen LogP contribution in [-0.2, 0) is 0 Å². The average molecular weight is 278 g/mol. The molecule has 2 heterocycles. The third-order valence-electron chi connectivity index (χ3n) is 3.71. The summed E-state index contributed by atoms with van der Waals surface area (Å²) in [6, 6.07) is 8.52. The highest BCUT2D eigenvalue weighted by Gasteiger charge is 2.18. The van der Waals surface area contributed by atoms with Crippen LogP contribution in [0.25, 0.3) is 20.3 Å². The van der Waals surface area contributed by atoms with Crippen LogP contribution >= 0.6 is 11.3 Å². The van der Waals surface area contributed by atoms with Crippen molar-refractivity contribution in [3.63, 3.8) is 0 Å². The maximum absolute atomic E-state index is 4.76. The number of nitrogens with zero attached hydrogens (tertiary/aromatic N) is 2. The number of hydrogen-bond acceptors (Lipinski definition) is 3.